The average Bonchev–Trinajstić information content (AvgIpc) is 3.06. The van der Waals surface area contributed by atoms with Gasteiger partial charge in [0.2, 0.25) is 5.89 Å². The molecule has 0 saturated heterocycles. The summed E-state index contributed by atoms with van der Waals surface area (Å²) in [6.45, 7) is 7.17. The van der Waals surface area contributed by atoms with Crippen LogP contribution in [0.15, 0.2) is 28.8 Å². The van der Waals surface area contributed by atoms with Crippen LogP contribution in [0.25, 0.3) is 0 Å². The maximum absolute atomic E-state index is 13.1. The highest BCUT2D eigenvalue weighted by Crippen LogP contribution is 2.34. The van der Waals surface area contributed by atoms with E-state index in [2.05, 4.69) is 15.5 Å². The van der Waals surface area contributed by atoms with Crippen molar-refractivity contribution in [2.45, 2.75) is 45.5 Å². The van der Waals surface area contributed by atoms with Gasteiger partial charge in [-0.1, -0.05) is 31.1 Å². The van der Waals surface area contributed by atoms with Crippen LogP contribution in [0.3, 0.4) is 0 Å². The molecule has 0 spiro atoms. The molecule has 1 aromatic heterocycles. The zero-order chi connectivity index (χ0) is 19.3. The molecule has 0 aliphatic carbocycles. The van der Waals surface area contributed by atoms with Gasteiger partial charge in [-0.3, -0.25) is 4.90 Å². The molecule has 0 bridgehead atoms. The molecular formula is C18H26ClF3N4O. The van der Waals surface area contributed by atoms with Crippen molar-refractivity contribution in [1.82, 2.24) is 20.4 Å². The second kappa shape index (κ2) is 10.1. The Morgan fingerprint density at radius 3 is 2.44 bits per heavy atom. The Labute approximate surface area is 163 Å². The Bertz CT molecular complexity index is 704. The van der Waals surface area contributed by atoms with Gasteiger partial charge in [-0.15, -0.1) is 12.4 Å². The van der Waals surface area contributed by atoms with Crippen molar-refractivity contribution in [1.29, 1.82) is 0 Å². The lowest BCUT2D eigenvalue weighted by Crippen LogP contribution is -2.30. The van der Waals surface area contributed by atoms with E-state index in [1.807, 2.05) is 32.7 Å². The number of nitrogens with one attached hydrogen (secondary N) is 1. The molecule has 2 aromatic rings. The Hall–Kier alpha value is -1.64. The van der Waals surface area contributed by atoms with Gasteiger partial charge in [0.15, 0.2) is 5.82 Å². The number of halogens is 4. The van der Waals surface area contributed by atoms with Crippen LogP contribution >= 0.6 is 12.4 Å². The maximum atomic E-state index is 13.1. The maximum Gasteiger partial charge on any atom is 0.416 e. The normalized spacial score (nSPS) is 14.1. The monoisotopic (exact) mass is 406 g/mol. The molecule has 0 radical (unpaired) electrons. The Morgan fingerprint density at radius 1 is 1.22 bits per heavy atom. The Balaban J connectivity index is 0.00000364. The van der Waals surface area contributed by atoms with Gasteiger partial charge in [0.1, 0.15) is 6.04 Å². The molecule has 2 atom stereocenters. The molecule has 152 valence electrons. The van der Waals surface area contributed by atoms with Crippen molar-refractivity contribution in [3.8, 4) is 0 Å². The van der Waals surface area contributed by atoms with Crippen LogP contribution < -0.4 is 5.32 Å². The van der Waals surface area contributed by atoms with E-state index in [4.69, 9.17) is 4.52 Å². The summed E-state index contributed by atoms with van der Waals surface area (Å²) in [6, 6.07) is 4.95. The molecule has 0 saturated carbocycles. The lowest BCUT2D eigenvalue weighted by Gasteiger charge is -2.27. The largest absolute Gasteiger partial charge is 0.416 e. The minimum absolute atomic E-state index is 0. The molecule has 0 aliphatic rings. The fourth-order valence-electron chi connectivity index (χ4n) is 2.82. The molecular weight excluding hydrogens is 381 g/mol. The van der Waals surface area contributed by atoms with E-state index in [9.17, 15) is 13.2 Å². The van der Waals surface area contributed by atoms with Gasteiger partial charge in [0, 0.05) is 12.5 Å². The lowest BCUT2D eigenvalue weighted by molar-refractivity contribution is -0.137. The SMILES string of the molecule is CCN(CC)C(c1cccc(C(F)(F)F)c1)c1nc(CC(C)NC)no1.Cl. The zero-order valence-electron chi connectivity index (χ0n) is 15.9. The average molecular weight is 407 g/mol. The van der Waals surface area contributed by atoms with Crippen LogP contribution in [0.1, 0.15) is 49.7 Å². The number of aromatic nitrogens is 2. The Morgan fingerprint density at radius 2 is 1.89 bits per heavy atom. The van der Waals surface area contributed by atoms with Crippen LogP contribution in [-0.2, 0) is 12.6 Å². The van der Waals surface area contributed by atoms with E-state index in [0.29, 0.717) is 36.8 Å². The summed E-state index contributed by atoms with van der Waals surface area (Å²) in [7, 11) is 1.84. The van der Waals surface area contributed by atoms with Crippen LogP contribution in [-0.4, -0.2) is 41.2 Å². The number of alkyl halides is 3. The first kappa shape index (κ1) is 23.4. The molecule has 1 N–H and O–H groups in total. The number of nitrogens with zero attached hydrogens (tertiary/aromatic N) is 3. The third kappa shape index (κ3) is 5.92. The summed E-state index contributed by atoms with van der Waals surface area (Å²) < 4.78 is 44.8. The van der Waals surface area contributed by atoms with E-state index < -0.39 is 17.8 Å². The summed E-state index contributed by atoms with van der Waals surface area (Å²) in [5.41, 5.74) is -0.198. The van der Waals surface area contributed by atoms with Crippen molar-refractivity contribution in [3.63, 3.8) is 0 Å². The van der Waals surface area contributed by atoms with Gasteiger partial charge in [0.05, 0.1) is 5.56 Å². The quantitative estimate of drug-likeness (QED) is 0.715. The predicted octanol–water partition coefficient (Wildman–Crippen LogP) is 4.09. The van der Waals surface area contributed by atoms with Gasteiger partial charge >= 0.3 is 6.18 Å². The van der Waals surface area contributed by atoms with Crippen molar-refractivity contribution in [2.24, 2.45) is 0 Å². The van der Waals surface area contributed by atoms with E-state index in [1.165, 1.54) is 6.07 Å². The standard InChI is InChI=1S/C18H25F3N4O.ClH/c1-5-25(6-2)16(13-8-7-9-14(11-13)18(19,20)21)17-23-15(24-26-17)10-12(3)22-4;/h7-9,11-12,16,22H,5-6,10H2,1-4H3;1H. The first-order chi connectivity index (χ1) is 12.3. The highest BCUT2D eigenvalue weighted by atomic mass is 35.5. The molecule has 0 aliphatic heterocycles. The minimum Gasteiger partial charge on any atom is -0.337 e. The zero-order valence-corrected chi connectivity index (χ0v) is 16.7. The fourth-order valence-corrected chi connectivity index (χ4v) is 2.82. The van der Waals surface area contributed by atoms with Gasteiger partial charge < -0.3 is 9.84 Å². The number of benzene rings is 1. The molecule has 1 aromatic carbocycles. The van der Waals surface area contributed by atoms with Gasteiger partial charge in [0.25, 0.3) is 0 Å². The minimum atomic E-state index is -4.40. The third-order valence-electron chi connectivity index (χ3n) is 4.41. The summed E-state index contributed by atoms with van der Waals surface area (Å²) in [5, 5.41) is 7.09. The first-order valence-corrected chi connectivity index (χ1v) is 8.71. The molecule has 2 unspecified atom stereocenters. The highest BCUT2D eigenvalue weighted by Gasteiger charge is 2.33. The van der Waals surface area contributed by atoms with Gasteiger partial charge in [-0.25, -0.2) is 0 Å². The van der Waals surface area contributed by atoms with Crippen LogP contribution in [0.5, 0.6) is 0 Å². The topological polar surface area (TPSA) is 54.2 Å². The highest BCUT2D eigenvalue weighted by molar-refractivity contribution is 5.85. The number of likely N-dealkylation sites (N-methyl/N-ethyl adjacent to an activating group) is 1. The van der Waals surface area contributed by atoms with Crippen LogP contribution in [0.4, 0.5) is 13.2 Å². The van der Waals surface area contributed by atoms with Crippen molar-refractivity contribution in [3.05, 3.63) is 47.1 Å². The van der Waals surface area contributed by atoms with E-state index in [1.54, 1.807) is 6.07 Å². The van der Waals surface area contributed by atoms with Crippen molar-refractivity contribution < 1.29 is 17.7 Å². The van der Waals surface area contributed by atoms with Crippen molar-refractivity contribution in [2.75, 3.05) is 20.1 Å². The molecule has 0 fully saturated rings. The van der Waals surface area contributed by atoms with Gasteiger partial charge in [-0.2, -0.15) is 18.2 Å². The predicted molar refractivity (Wildman–Crippen MR) is 100.0 cm³/mol. The number of hydrogen-bond acceptors (Lipinski definition) is 5. The number of rotatable bonds is 8. The molecule has 9 heteroatoms. The van der Waals surface area contributed by atoms with E-state index in [0.717, 1.165) is 12.1 Å². The molecule has 27 heavy (non-hydrogen) atoms. The lowest BCUT2D eigenvalue weighted by atomic mass is 10.0. The fraction of sp³-hybridized carbons (Fsp3) is 0.556. The second-order valence-corrected chi connectivity index (χ2v) is 6.19. The molecule has 1 heterocycles. The number of hydrogen-bond donors (Lipinski definition) is 1. The van der Waals surface area contributed by atoms with E-state index >= 15 is 0 Å². The Kier molecular flexibility index (Phi) is 8.71. The van der Waals surface area contributed by atoms with Gasteiger partial charge in [-0.05, 0) is 44.8 Å². The van der Waals surface area contributed by atoms with Crippen molar-refractivity contribution >= 4 is 12.4 Å². The first-order valence-electron chi connectivity index (χ1n) is 8.71. The second-order valence-electron chi connectivity index (χ2n) is 6.19. The summed E-state index contributed by atoms with van der Waals surface area (Å²) in [6.07, 6.45) is -3.82. The summed E-state index contributed by atoms with van der Waals surface area (Å²) in [5.74, 6) is 0.845. The van der Waals surface area contributed by atoms with E-state index in [-0.39, 0.29) is 18.4 Å². The molecule has 5 nitrogen and oxygen atoms in total. The smallest absolute Gasteiger partial charge is 0.337 e. The molecule has 2 rings (SSSR count). The van der Waals surface area contributed by atoms with Crippen LogP contribution in [0.2, 0.25) is 0 Å². The summed E-state index contributed by atoms with van der Waals surface area (Å²) >= 11 is 0. The van der Waals surface area contributed by atoms with Crippen LogP contribution in [0, 0.1) is 0 Å². The third-order valence-corrected chi connectivity index (χ3v) is 4.41. The summed E-state index contributed by atoms with van der Waals surface area (Å²) in [4.78, 5) is 6.44. The molecule has 0 amide bonds.